The van der Waals surface area contributed by atoms with Crippen LogP contribution in [0.4, 0.5) is 14.5 Å². The summed E-state index contributed by atoms with van der Waals surface area (Å²) in [5.74, 6) is 0.945. The lowest BCUT2D eigenvalue weighted by molar-refractivity contribution is -0.0512. The molecule has 2 aromatic rings. The minimum Gasteiger partial charge on any atom is -0.493 e. The first-order valence-electron chi connectivity index (χ1n) is 9.89. The smallest absolute Gasteiger partial charge is 0.387 e. The SMILES string of the molecule is CN=C(NCc1ccc(OC)c(OC(F)F)c1)NC1CCN(c2ccc(C)cc2)C1.I. The number of nitrogens with one attached hydrogen (secondary N) is 2. The van der Waals surface area contributed by atoms with Crippen molar-refractivity contribution in [3.8, 4) is 11.5 Å². The van der Waals surface area contributed by atoms with Gasteiger partial charge in [-0.05, 0) is 43.2 Å². The van der Waals surface area contributed by atoms with Gasteiger partial charge in [0.1, 0.15) is 0 Å². The van der Waals surface area contributed by atoms with Crippen LogP contribution >= 0.6 is 24.0 Å². The first kappa shape index (κ1) is 25.0. The number of benzene rings is 2. The lowest BCUT2D eigenvalue weighted by atomic mass is 10.2. The number of hydrogen-bond donors (Lipinski definition) is 2. The predicted molar refractivity (Wildman–Crippen MR) is 130 cm³/mol. The van der Waals surface area contributed by atoms with Crippen LogP contribution in [0.15, 0.2) is 47.5 Å². The van der Waals surface area contributed by atoms with E-state index in [9.17, 15) is 8.78 Å². The standard InChI is InChI=1S/C22H28F2N4O2.HI/c1-15-4-7-18(8-5-15)28-11-10-17(14-28)27-22(25-2)26-13-16-6-9-19(29-3)20(12-16)30-21(23)24;/h4-9,12,17,21H,10-11,13-14H2,1-3H3,(H2,25,26,27);1H. The Kier molecular flexibility index (Phi) is 9.60. The van der Waals surface area contributed by atoms with Crippen LogP contribution in [0.5, 0.6) is 11.5 Å². The number of halogens is 3. The van der Waals surface area contributed by atoms with Crippen molar-refractivity contribution in [2.24, 2.45) is 4.99 Å². The lowest BCUT2D eigenvalue weighted by Gasteiger charge is -2.20. The number of aliphatic imine (C=N–C) groups is 1. The molecule has 1 heterocycles. The molecule has 1 atom stereocenters. The number of nitrogens with zero attached hydrogens (tertiary/aromatic N) is 2. The lowest BCUT2D eigenvalue weighted by Crippen LogP contribution is -2.44. The molecule has 0 amide bonds. The molecule has 1 unspecified atom stereocenters. The van der Waals surface area contributed by atoms with Gasteiger partial charge in [-0.2, -0.15) is 8.78 Å². The summed E-state index contributed by atoms with van der Waals surface area (Å²) in [5, 5.41) is 6.67. The first-order chi connectivity index (χ1) is 14.5. The number of guanidine groups is 1. The summed E-state index contributed by atoms with van der Waals surface area (Å²) >= 11 is 0. The minimum absolute atomic E-state index is 0. The second kappa shape index (κ2) is 11.9. The molecule has 9 heteroatoms. The van der Waals surface area contributed by atoms with Crippen molar-refractivity contribution in [1.82, 2.24) is 10.6 Å². The maximum atomic E-state index is 12.6. The number of rotatable bonds is 7. The Labute approximate surface area is 199 Å². The Hall–Kier alpha value is -2.30. The average molecular weight is 546 g/mol. The van der Waals surface area contributed by atoms with Crippen molar-refractivity contribution in [2.45, 2.75) is 32.5 Å². The maximum absolute atomic E-state index is 12.6. The van der Waals surface area contributed by atoms with Crippen LogP contribution in [0, 0.1) is 6.92 Å². The summed E-state index contributed by atoms with van der Waals surface area (Å²) in [6.45, 7) is 1.45. The van der Waals surface area contributed by atoms with E-state index in [1.54, 1.807) is 25.2 Å². The fourth-order valence-corrected chi connectivity index (χ4v) is 3.46. The van der Waals surface area contributed by atoms with Gasteiger partial charge in [-0.1, -0.05) is 23.8 Å². The number of ether oxygens (including phenoxy) is 2. The van der Waals surface area contributed by atoms with E-state index in [-0.39, 0.29) is 41.5 Å². The molecular weight excluding hydrogens is 517 g/mol. The molecule has 1 aliphatic rings. The van der Waals surface area contributed by atoms with Crippen molar-refractivity contribution in [1.29, 1.82) is 0 Å². The average Bonchev–Trinajstić information content (AvgIpc) is 3.20. The van der Waals surface area contributed by atoms with Gasteiger partial charge in [-0.3, -0.25) is 4.99 Å². The summed E-state index contributed by atoms with van der Waals surface area (Å²) in [5.41, 5.74) is 3.25. The molecule has 170 valence electrons. The van der Waals surface area contributed by atoms with Crippen molar-refractivity contribution in [2.75, 3.05) is 32.1 Å². The van der Waals surface area contributed by atoms with Crippen molar-refractivity contribution in [3.05, 3.63) is 53.6 Å². The van der Waals surface area contributed by atoms with Crippen molar-refractivity contribution in [3.63, 3.8) is 0 Å². The molecule has 31 heavy (non-hydrogen) atoms. The third-order valence-corrected chi connectivity index (χ3v) is 5.06. The summed E-state index contributed by atoms with van der Waals surface area (Å²) in [4.78, 5) is 6.63. The Morgan fingerprint density at radius 3 is 2.58 bits per heavy atom. The van der Waals surface area contributed by atoms with E-state index in [2.05, 4.69) is 56.5 Å². The van der Waals surface area contributed by atoms with Crippen LogP contribution in [0.2, 0.25) is 0 Å². The van der Waals surface area contributed by atoms with Crippen LogP contribution in [0.1, 0.15) is 17.5 Å². The van der Waals surface area contributed by atoms with Crippen LogP contribution < -0.4 is 25.0 Å². The summed E-state index contributed by atoms with van der Waals surface area (Å²) in [7, 11) is 3.13. The van der Waals surface area contributed by atoms with Crippen molar-refractivity contribution >= 4 is 35.6 Å². The van der Waals surface area contributed by atoms with Gasteiger partial charge in [0, 0.05) is 38.4 Å². The summed E-state index contributed by atoms with van der Waals surface area (Å²) in [6.07, 6.45) is 1.00. The maximum Gasteiger partial charge on any atom is 0.387 e. The Bertz CT molecular complexity index is 865. The van der Waals surface area contributed by atoms with Gasteiger partial charge < -0.3 is 25.0 Å². The van der Waals surface area contributed by atoms with Gasteiger partial charge in [0.25, 0.3) is 0 Å². The minimum atomic E-state index is -2.91. The molecule has 0 aliphatic carbocycles. The Morgan fingerprint density at radius 2 is 1.94 bits per heavy atom. The molecule has 6 nitrogen and oxygen atoms in total. The molecule has 3 rings (SSSR count). The van der Waals surface area contributed by atoms with Gasteiger partial charge >= 0.3 is 6.61 Å². The van der Waals surface area contributed by atoms with E-state index in [4.69, 9.17) is 4.74 Å². The van der Waals surface area contributed by atoms with E-state index < -0.39 is 6.61 Å². The van der Waals surface area contributed by atoms with Gasteiger partial charge in [0.15, 0.2) is 17.5 Å². The molecule has 0 spiro atoms. The summed E-state index contributed by atoms with van der Waals surface area (Å²) in [6, 6.07) is 13.8. The fraction of sp³-hybridized carbons (Fsp3) is 0.409. The van der Waals surface area contributed by atoms with Crippen LogP contribution in [0.25, 0.3) is 0 Å². The van der Waals surface area contributed by atoms with Crippen LogP contribution in [-0.2, 0) is 6.54 Å². The first-order valence-corrected chi connectivity index (χ1v) is 9.89. The van der Waals surface area contributed by atoms with Crippen LogP contribution in [0.3, 0.4) is 0 Å². The van der Waals surface area contributed by atoms with E-state index in [1.165, 1.54) is 18.4 Å². The Balaban J connectivity index is 0.00000341. The van der Waals surface area contributed by atoms with E-state index in [0.29, 0.717) is 12.5 Å². The number of aryl methyl sites for hydroxylation is 1. The highest BCUT2D eigenvalue weighted by Gasteiger charge is 2.23. The molecule has 2 N–H and O–H groups in total. The number of alkyl halides is 2. The molecule has 2 aromatic carbocycles. The second-order valence-electron chi connectivity index (χ2n) is 7.20. The zero-order chi connectivity index (χ0) is 21.5. The quantitative estimate of drug-likeness (QED) is 0.311. The highest BCUT2D eigenvalue weighted by atomic mass is 127. The van der Waals surface area contributed by atoms with Crippen molar-refractivity contribution < 1.29 is 18.3 Å². The molecule has 1 fully saturated rings. The molecule has 1 saturated heterocycles. The van der Waals surface area contributed by atoms with Gasteiger partial charge in [0.2, 0.25) is 0 Å². The van der Waals surface area contributed by atoms with Gasteiger partial charge in [-0.25, -0.2) is 0 Å². The molecule has 0 aromatic heterocycles. The third kappa shape index (κ3) is 7.12. The fourth-order valence-electron chi connectivity index (χ4n) is 3.46. The topological polar surface area (TPSA) is 58.1 Å². The number of hydrogen-bond acceptors (Lipinski definition) is 4. The molecule has 0 bridgehead atoms. The Morgan fingerprint density at radius 1 is 1.19 bits per heavy atom. The van der Waals surface area contributed by atoms with Gasteiger partial charge in [0.05, 0.1) is 7.11 Å². The molecular formula is C22H29F2IN4O2. The molecule has 0 saturated carbocycles. The normalized spacial score (nSPS) is 16.1. The highest BCUT2D eigenvalue weighted by Crippen LogP contribution is 2.29. The van der Waals surface area contributed by atoms with Gasteiger partial charge in [-0.15, -0.1) is 24.0 Å². The highest BCUT2D eigenvalue weighted by molar-refractivity contribution is 14.0. The van der Waals surface area contributed by atoms with E-state index in [0.717, 1.165) is 25.1 Å². The zero-order valence-corrected chi connectivity index (χ0v) is 20.2. The predicted octanol–water partition coefficient (Wildman–Crippen LogP) is 4.17. The molecule has 0 radical (unpaired) electrons. The summed E-state index contributed by atoms with van der Waals surface area (Å²) < 4.78 is 34.8. The van der Waals surface area contributed by atoms with Crippen LogP contribution in [-0.4, -0.2) is 45.9 Å². The zero-order valence-electron chi connectivity index (χ0n) is 17.9. The van der Waals surface area contributed by atoms with E-state index in [1.807, 2.05) is 0 Å². The monoisotopic (exact) mass is 546 g/mol. The number of anilines is 1. The third-order valence-electron chi connectivity index (χ3n) is 5.06. The molecule has 1 aliphatic heterocycles. The second-order valence-corrected chi connectivity index (χ2v) is 7.20. The largest absolute Gasteiger partial charge is 0.493 e. The van der Waals surface area contributed by atoms with E-state index >= 15 is 0 Å². The number of methoxy groups -OCH3 is 1.